The lowest BCUT2D eigenvalue weighted by Gasteiger charge is -2.32. The van der Waals surface area contributed by atoms with Crippen LogP contribution in [0.5, 0.6) is 0 Å². The zero-order chi connectivity index (χ0) is 21.8. The van der Waals surface area contributed by atoms with Crippen molar-refractivity contribution in [3.8, 4) is 11.3 Å². The molecule has 0 spiro atoms. The predicted molar refractivity (Wildman–Crippen MR) is 117 cm³/mol. The fraction of sp³-hybridized carbons (Fsp3) is 0.545. The lowest BCUT2D eigenvalue weighted by atomic mass is 10.2. The molecule has 3 aromatic heterocycles. The number of aromatic nitrogens is 5. The molecular formula is C22H29N7O2. The van der Waals surface area contributed by atoms with Crippen LogP contribution in [-0.4, -0.2) is 66.9 Å². The van der Waals surface area contributed by atoms with Crippen molar-refractivity contribution in [3.05, 3.63) is 30.5 Å². The van der Waals surface area contributed by atoms with Crippen LogP contribution in [0.3, 0.4) is 0 Å². The Kier molecular flexibility index (Phi) is 4.64. The van der Waals surface area contributed by atoms with Gasteiger partial charge < -0.3 is 14.5 Å². The monoisotopic (exact) mass is 423 g/mol. The Morgan fingerprint density at radius 2 is 2.03 bits per heavy atom. The SMILES string of the molecule is Cc1c(-c2cnn([C@@H]3CCN(C(=O)OC(C)(C)C)C3)c2)nc(N2CCC2)c2nccn12. The Morgan fingerprint density at radius 3 is 2.74 bits per heavy atom. The second-order valence-corrected chi connectivity index (χ2v) is 9.41. The van der Waals surface area contributed by atoms with Crippen molar-refractivity contribution in [1.29, 1.82) is 0 Å². The number of ether oxygens (including phenoxy) is 1. The van der Waals surface area contributed by atoms with Crippen LogP contribution >= 0.6 is 0 Å². The van der Waals surface area contributed by atoms with Crippen LogP contribution in [0.25, 0.3) is 16.9 Å². The fourth-order valence-corrected chi connectivity index (χ4v) is 4.21. The Hall–Kier alpha value is -3.10. The summed E-state index contributed by atoms with van der Waals surface area (Å²) in [6, 6.07) is 0.133. The maximum atomic E-state index is 12.4. The summed E-state index contributed by atoms with van der Waals surface area (Å²) >= 11 is 0. The minimum Gasteiger partial charge on any atom is -0.444 e. The van der Waals surface area contributed by atoms with Crippen molar-refractivity contribution in [1.82, 2.24) is 29.0 Å². The summed E-state index contributed by atoms with van der Waals surface area (Å²) in [4.78, 5) is 25.9. The van der Waals surface area contributed by atoms with Crippen LogP contribution in [0.1, 0.15) is 45.3 Å². The normalized spacial score (nSPS) is 19.2. The molecule has 5 heterocycles. The first-order valence-electron chi connectivity index (χ1n) is 10.9. The molecule has 2 aliphatic rings. The summed E-state index contributed by atoms with van der Waals surface area (Å²) in [6.45, 7) is 11.0. The molecule has 0 bridgehead atoms. The molecule has 3 aromatic rings. The third-order valence-electron chi connectivity index (χ3n) is 5.98. The molecule has 2 saturated heterocycles. The summed E-state index contributed by atoms with van der Waals surface area (Å²) < 4.78 is 9.58. The molecular weight excluding hydrogens is 394 g/mol. The van der Waals surface area contributed by atoms with E-state index < -0.39 is 5.60 Å². The van der Waals surface area contributed by atoms with Crippen molar-refractivity contribution in [3.63, 3.8) is 0 Å². The molecule has 9 nitrogen and oxygen atoms in total. The first-order chi connectivity index (χ1) is 14.8. The number of imidazole rings is 1. The van der Waals surface area contributed by atoms with E-state index >= 15 is 0 Å². The molecule has 31 heavy (non-hydrogen) atoms. The van der Waals surface area contributed by atoms with Gasteiger partial charge in [-0.2, -0.15) is 5.10 Å². The van der Waals surface area contributed by atoms with Gasteiger partial charge in [0.2, 0.25) is 0 Å². The third kappa shape index (κ3) is 3.62. The molecule has 5 rings (SSSR count). The van der Waals surface area contributed by atoms with E-state index in [1.807, 2.05) is 50.2 Å². The standard InChI is InChI=1S/C22H29N7O2/c1-15-18(25-20(26-8-5-9-26)19-23-7-11-28(15)19)16-12-24-29(13-16)17-6-10-27(14-17)21(30)31-22(2,3)4/h7,11-13,17H,5-6,8-10,14H2,1-4H3/t17-/m1/s1. The van der Waals surface area contributed by atoms with Crippen molar-refractivity contribution < 1.29 is 9.53 Å². The van der Waals surface area contributed by atoms with Crippen LogP contribution in [0.2, 0.25) is 0 Å². The van der Waals surface area contributed by atoms with Crippen LogP contribution in [0, 0.1) is 6.92 Å². The summed E-state index contributed by atoms with van der Waals surface area (Å²) in [5.41, 5.74) is 3.35. The number of aryl methyl sites for hydroxylation is 1. The maximum absolute atomic E-state index is 12.4. The lowest BCUT2D eigenvalue weighted by Crippen LogP contribution is -2.38. The molecule has 2 fully saturated rings. The average molecular weight is 424 g/mol. The third-order valence-corrected chi connectivity index (χ3v) is 5.98. The summed E-state index contributed by atoms with van der Waals surface area (Å²) in [6.07, 6.45) is 9.50. The highest BCUT2D eigenvalue weighted by Gasteiger charge is 2.31. The second kappa shape index (κ2) is 7.25. The second-order valence-electron chi connectivity index (χ2n) is 9.41. The molecule has 164 valence electrons. The molecule has 0 radical (unpaired) electrons. The van der Waals surface area contributed by atoms with E-state index in [1.165, 1.54) is 6.42 Å². The average Bonchev–Trinajstić information content (AvgIpc) is 3.41. The smallest absolute Gasteiger partial charge is 0.410 e. The van der Waals surface area contributed by atoms with Crippen molar-refractivity contribution >= 4 is 17.6 Å². The zero-order valence-corrected chi connectivity index (χ0v) is 18.6. The number of carbonyl (C=O) groups is 1. The van der Waals surface area contributed by atoms with E-state index in [0.717, 1.165) is 47.9 Å². The molecule has 0 N–H and O–H groups in total. The van der Waals surface area contributed by atoms with Crippen LogP contribution in [0.4, 0.5) is 10.6 Å². The number of hydrogen-bond acceptors (Lipinski definition) is 6. The van der Waals surface area contributed by atoms with Gasteiger partial charge in [0, 0.05) is 56.0 Å². The molecule has 2 aliphatic heterocycles. The van der Waals surface area contributed by atoms with E-state index in [9.17, 15) is 4.79 Å². The Labute approximate surface area is 181 Å². The van der Waals surface area contributed by atoms with Gasteiger partial charge in [-0.25, -0.2) is 14.8 Å². The van der Waals surface area contributed by atoms with Crippen molar-refractivity contribution in [2.24, 2.45) is 0 Å². The van der Waals surface area contributed by atoms with Gasteiger partial charge in [-0.3, -0.25) is 9.08 Å². The fourth-order valence-electron chi connectivity index (χ4n) is 4.21. The number of rotatable bonds is 3. The van der Waals surface area contributed by atoms with Gasteiger partial charge in [-0.1, -0.05) is 0 Å². The van der Waals surface area contributed by atoms with Crippen molar-refractivity contribution in [2.45, 2.75) is 52.2 Å². The molecule has 0 aliphatic carbocycles. The van der Waals surface area contributed by atoms with E-state index in [-0.39, 0.29) is 12.1 Å². The van der Waals surface area contributed by atoms with Crippen LogP contribution < -0.4 is 4.90 Å². The van der Waals surface area contributed by atoms with Gasteiger partial charge in [0.15, 0.2) is 11.5 Å². The van der Waals surface area contributed by atoms with Gasteiger partial charge in [0.05, 0.1) is 17.9 Å². The summed E-state index contributed by atoms with van der Waals surface area (Å²) in [7, 11) is 0. The topological polar surface area (TPSA) is 80.8 Å². The maximum Gasteiger partial charge on any atom is 0.410 e. The molecule has 1 amide bonds. The molecule has 0 saturated carbocycles. The quantitative estimate of drug-likeness (QED) is 0.643. The van der Waals surface area contributed by atoms with E-state index in [1.54, 1.807) is 4.90 Å². The number of anilines is 1. The predicted octanol–water partition coefficient (Wildman–Crippen LogP) is 3.29. The summed E-state index contributed by atoms with van der Waals surface area (Å²) in [5, 5.41) is 4.62. The first kappa shape index (κ1) is 19.8. The highest BCUT2D eigenvalue weighted by Crippen LogP contribution is 2.31. The van der Waals surface area contributed by atoms with Crippen LogP contribution in [-0.2, 0) is 4.74 Å². The van der Waals surface area contributed by atoms with Gasteiger partial charge >= 0.3 is 6.09 Å². The highest BCUT2D eigenvalue weighted by molar-refractivity contribution is 5.72. The Balaban J connectivity index is 1.40. The van der Waals surface area contributed by atoms with Crippen LogP contribution in [0.15, 0.2) is 24.8 Å². The lowest BCUT2D eigenvalue weighted by molar-refractivity contribution is 0.0288. The first-order valence-corrected chi connectivity index (χ1v) is 10.9. The number of likely N-dealkylation sites (tertiary alicyclic amines) is 1. The summed E-state index contributed by atoms with van der Waals surface area (Å²) in [5.74, 6) is 0.932. The van der Waals surface area contributed by atoms with E-state index in [4.69, 9.17) is 9.72 Å². The molecule has 0 unspecified atom stereocenters. The van der Waals surface area contributed by atoms with Gasteiger partial charge in [0.1, 0.15) is 5.60 Å². The largest absolute Gasteiger partial charge is 0.444 e. The minimum absolute atomic E-state index is 0.133. The number of nitrogens with zero attached hydrogens (tertiary/aromatic N) is 7. The Bertz CT molecular complexity index is 1120. The number of fused-ring (bicyclic) bond motifs is 1. The minimum atomic E-state index is -0.489. The molecule has 0 aromatic carbocycles. The van der Waals surface area contributed by atoms with Crippen molar-refractivity contribution in [2.75, 3.05) is 31.1 Å². The van der Waals surface area contributed by atoms with E-state index in [2.05, 4.69) is 26.3 Å². The highest BCUT2D eigenvalue weighted by atomic mass is 16.6. The molecule has 9 heteroatoms. The van der Waals surface area contributed by atoms with Gasteiger partial charge in [-0.05, 0) is 40.5 Å². The number of hydrogen-bond donors (Lipinski definition) is 0. The Morgan fingerprint density at radius 1 is 1.23 bits per heavy atom. The van der Waals surface area contributed by atoms with Gasteiger partial charge in [0.25, 0.3) is 0 Å². The zero-order valence-electron chi connectivity index (χ0n) is 18.6. The van der Waals surface area contributed by atoms with Gasteiger partial charge in [-0.15, -0.1) is 0 Å². The molecule has 1 atom stereocenters. The number of carbonyl (C=O) groups excluding carboxylic acids is 1. The number of amides is 1. The van der Waals surface area contributed by atoms with E-state index in [0.29, 0.717) is 13.1 Å².